The van der Waals surface area contributed by atoms with Crippen LogP contribution in [0.3, 0.4) is 0 Å². The van der Waals surface area contributed by atoms with Crippen LogP contribution in [0.2, 0.25) is 0 Å². The van der Waals surface area contributed by atoms with Gasteiger partial charge >= 0.3 is 5.97 Å². The minimum absolute atomic E-state index is 0.0256. The van der Waals surface area contributed by atoms with Crippen LogP contribution in [0.15, 0.2) is 48.5 Å². The van der Waals surface area contributed by atoms with Crippen molar-refractivity contribution < 1.29 is 23.8 Å². The molecule has 1 heterocycles. The van der Waals surface area contributed by atoms with E-state index in [-0.39, 0.29) is 6.61 Å². The van der Waals surface area contributed by atoms with Gasteiger partial charge in [-0.15, -0.1) is 0 Å². The van der Waals surface area contributed by atoms with Gasteiger partial charge in [0.15, 0.2) is 18.1 Å². The Morgan fingerprint density at radius 1 is 1.15 bits per heavy atom. The number of carbonyl (C=O) groups excluding carboxylic acids is 2. The highest BCUT2D eigenvalue weighted by Crippen LogP contribution is 2.31. The van der Waals surface area contributed by atoms with Gasteiger partial charge in [-0.05, 0) is 29.8 Å². The van der Waals surface area contributed by atoms with Gasteiger partial charge < -0.3 is 19.5 Å². The Balaban J connectivity index is 1.47. The minimum atomic E-state index is -0.914. The highest BCUT2D eigenvalue weighted by atomic mass is 16.6. The van der Waals surface area contributed by atoms with Crippen molar-refractivity contribution >= 4 is 17.6 Å². The fraction of sp³-hybridized carbons (Fsp3) is 0.211. The van der Waals surface area contributed by atoms with Crippen molar-refractivity contribution in [2.45, 2.75) is 12.5 Å². The van der Waals surface area contributed by atoms with Crippen molar-refractivity contribution in [1.82, 2.24) is 0 Å². The Labute approximate surface area is 150 Å². The Morgan fingerprint density at radius 3 is 2.62 bits per heavy atom. The molecule has 0 fully saturated rings. The number of nitrogens with zero attached hydrogens (tertiary/aromatic N) is 1. The fourth-order valence-corrected chi connectivity index (χ4v) is 2.36. The monoisotopic (exact) mass is 352 g/mol. The highest BCUT2D eigenvalue weighted by Gasteiger charge is 2.29. The molecule has 0 radical (unpaired) electrons. The number of anilines is 1. The molecule has 7 heteroatoms. The number of carbonyl (C=O) groups is 2. The predicted octanol–water partition coefficient (Wildman–Crippen LogP) is 2.07. The SMILES string of the molecule is N#CCc1ccc(NC(=O)COC(=O)[C@@H]2COc3ccccc3O2)cc1. The van der Waals surface area contributed by atoms with E-state index in [0.29, 0.717) is 23.6 Å². The van der Waals surface area contributed by atoms with Gasteiger partial charge in [0.1, 0.15) is 6.61 Å². The van der Waals surface area contributed by atoms with Crippen LogP contribution in [-0.2, 0) is 20.7 Å². The molecule has 1 aliphatic rings. The maximum atomic E-state index is 12.0. The van der Waals surface area contributed by atoms with E-state index < -0.39 is 24.6 Å². The molecule has 1 aliphatic heterocycles. The number of nitriles is 1. The lowest BCUT2D eigenvalue weighted by Crippen LogP contribution is -2.39. The van der Waals surface area contributed by atoms with Crippen LogP contribution in [-0.4, -0.2) is 31.2 Å². The molecule has 2 aromatic rings. The molecule has 0 saturated carbocycles. The first-order valence-corrected chi connectivity index (χ1v) is 7.96. The van der Waals surface area contributed by atoms with Gasteiger partial charge in [0, 0.05) is 5.69 Å². The Hall–Kier alpha value is -3.53. The predicted molar refractivity (Wildman–Crippen MR) is 91.7 cm³/mol. The van der Waals surface area contributed by atoms with Gasteiger partial charge in [0.2, 0.25) is 6.10 Å². The molecule has 0 spiro atoms. The smallest absolute Gasteiger partial charge is 0.351 e. The first-order chi connectivity index (χ1) is 12.7. The number of para-hydroxylation sites is 2. The van der Waals surface area contributed by atoms with E-state index in [4.69, 9.17) is 19.5 Å². The summed E-state index contributed by atoms with van der Waals surface area (Å²) in [6.07, 6.45) is -0.610. The summed E-state index contributed by atoms with van der Waals surface area (Å²) in [6, 6.07) is 15.9. The lowest BCUT2D eigenvalue weighted by atomic mass is 10.1. The molecule has 0 bridgehead atoms. The number of nitrogens with one attached hydrogen (secondary N) is 1. The third-order valence-corrected chi connectivity index (χ3v) is 3.64. The summed E-state index contributed by atoms with van der Waals surface area (Å²) in [5.74, 6) is -0.112. The van der Waals surface area contributed by atoms with E-state index in [1.807, 2.05) is 6.07 Å². The number of rotatable bonds is 5. The topological polar surface area (TPSA) is 97.7 Å². The van der Waals surface area contributed by atoms with E-state index in [1.165, 1.54) is 0 Å². The Kier molecular flexibility index (Phi) is 5.34. The number of hydrogen-bond acceptors (Lipinski definition) is 6. The molecule has 2 aromatic carbocycles. The van der Waals surface area contributed by atoms with Crippen LogP contribution >= 0.6 is 0 Å². The van der Waals surface area contributed by atoms with E-state index in [0.717, 1.165) is 5.56 Å². The number of ether oxygens (including phenoxy) is 3. The molecule has 0 unspecified atom stereocenters. The van der Waals surface area contributed by atoms with E-state index >= 15 is 0 Å². The summed E-state index contributed by atoms with van der Waals surface area (Å²) in [5.41, 5.74) is 1.41. The summed E-state index contributed by atoms with van der Waals surface area (Å²) in [7, 11) is 0. The second-order valence-corrected chi connectivity index (χ2v) is 5.55. The zero-order valence-corrected chi connectivity index (χ0v) is 13.8. The molecule has 0 aliphatic carbocycles. The molecule has 0 aromatic heterocycles. The van der Waals surface area contributed by atoms with Crippen LogP contribution < -0.4 is 14.8 Å². The Morgan fingerprint density at radius 2 is 1.88 bits per heavy atom. The van der Waals surface area contributed by atoms with Crippen molar-refractivity contribution in [2.24, 2.45) is 0 Å². The zero-order chi connectivity index (χ0) is 18.4. The summed E-state index contributed by atoms with van der Waals surface area (Å²) in [6.45, 7) is -0.405. The summed E-state index contributed by atoms with van der Waals surface area (Å²) < 4.78 is 16.0. The van der Waals surface area contributed by atoms with Gasteiger partial charge in [0.05, 0.1) is 12.5 Å². The van der Waals surface area contributed by atoms with Crippen LogP contribution in [0.25, 0.3) is 0 Å². The summed E-state index contributed by atoms with van der Waals surface area (Å²) in [4.78, 5) is 23.9. The lowest BCUT2D eigenvalue weighted by Gasteiger charge is -2.24. The van der Waals surface area contributed by atoms with Gasteiger partial charge in [0.25, 0.3) is 5.91 Å². The first kappa shape index (κ1) is 17.3. The lowest BCUT2D eigenvalue weighted by molar-refractivity contribution is -0.156. The molecule has 26 heavy (non-hydrogen) atoms. The van der Waals surface area contributed by atoms with Crippen LogP contribution in [0.5, 0.6) is 11.5 Å². The number of fused-ring (bicyclic) bond motifs is 1. The average Bonchev–Trinajstić information content (AvgIpc) is 2.67. The maximum absolute atomic E-state index is 12.0. The minimum Gasteiger partial charge on any atom is -0.485 e. The molecule has 1 amide bonds. The van der Waals surface area contributed by atoms with Crippen molar-refractivity contribution in [3.63, 3.8) is 0 Å². The van der Waals surface area contributed by atoms with Crippen LogP contribution in [0, 0.1) is 11.3 Å². The first-order valence-electron chi connectivity index (χ1n) is 7.96. The van der Waals surface area contributed by atoms with E-state index in [9.17, 15) is 9.59 Å². The largest absolute Gasteiger partial charge is 0.485 e. The van der Waals surface area contributed by atoms with Gasteiger partial charge in [-0.3, -0.25) is 4.79 Å². The third-order valence-electron chi connectivity index (χ3n) is 3.64. The van der Waals surface area contributed by atoms with E-state index in [2.05, 4.69) is 5.32 Å². The molecule has 0 saturated heterocycles. The van der Waals surface area contributed by atoms with Crippen molar-refractivity contribution in [3.8, 4) is 17.6 Å². The highest BCUT2D eigenvalue weighted by molar-refractivity contribution is 5.93. The van der Waals surface area contributed by atoms with E-state index in [1.54, 1.807) is 48.5 Å². The van der Waals surface area contributed by atoms with Crippen LogP contribution in [0.1, 0.15) is 5.56 Å². The average molecular weight is 352 g/mol. The number of esters is 1. The van der Waals surface area contributed by atoms with Gasteiger partial charge in [-0.25, -0.2) is 4.79 Å². The van der Waals surface area contributed by atoms with Crippen molar-refractivity contribution in [3.05, 3.63) is 54.1 Å². The van der Waals surface area contributed by atoms with Crippen molar-refractivity contribution in [1.29, 1.82) is 5.26 Å². The van der Waals surface area contributed by atoms with Crippen molar-refractivity contribution in [2.75, 3.05) is 18.5 Å². The molecule has 7 nitrogen and oxygen atoms in total. The van der Waals surface area contributed by atoms with Gasteiger partial charge in [-0.1, -0.05) is 24.3 Å². The quantitative estimate of drug-likeness (QED) is 0.828. The second kappa shape index (κ2) is 8.03. The molecular weight excluding hydrogens is 336 g/mol. The molecule has 132 valence electrons. The molecule has 3 rings (SSSR count). The molecule has 1 N–H and O–H groups in total. The van der Waals surface area contributed by atoms with Gasteiger partial charge in [-0.2, -0.15) is 5.26 Å². The standard InChI is InChI=1S/C19H16N2O5/c20-10-9-13-5-7-14(8-6-13)21-18(22)12-25-19(23)17-11-24-15-3-1-2-4-16(15)26-17/h1-8,17H,9,11-12H2,(H,21,22)/t17-/m0/s1. The zero-order valence-electron chi connectivity index (χ0n) is 13.8. The fourth-order valence-electron chi connectivity index (χ4n) is 2.36. The number of benzene rings is 2. The van der Waals surface area contributed by atoms with Crippen LogP contribution in [0.4, 0.5) is 5.69 Å². The second-order valence-electron chi connectivity index (χ2n) is 5.55. The maximum Gasteiger partial charge on any atom is 0.351 e. The number of hydrogen-bond donors (Lipinski definition) is 1. The molecular formula is C19H16N2O5. The number of amides is 1. The third kappa shape index (κ3) is 4.30. The summed E-state index contributed by atoms with van der Waals surface area (Å²) in [5, 5.41) is 11.2. The molecule has 1 atom stereocenters. The Bertz CT molecular complexity index is 842. The normalized spacial score (nSPS) is 14.8. The summed E-state index contributed by atoms with van der Waals surface area (Å²) >= 11 is 0.